The SMILES string of the molecule is C=C(C(=O)CC1O[C@H](C[C@H](C)CC)[C@H](C)[C@H]1CS(=O)(=O)c1ccccc1)[C@H](C)C[C@H]1CC[C@@H]2O[C@@H](CCCOC(=O)C(C)(C)C)C[C@]2(CI)O1. The average molecular weight is 829 g/mol. The second kappa shape index (κ2) is 17.7. The number of rotatable bonds is 17. The van der Waals surface area contributed by atoms with Crippen molar-refractivity contribution >= 4 is 44.2 Å². The Labute approximate surface area is 315 Å². The van der Waals surface area contributed by atoms with Crippen LogP contribution < -0.4 is 0 Å². The van der Waals surface area contributed by atoms with Gasteiger partial charge >= 0.3 is 5.97 Å². The van der Waals surface area contributed by atoms with E-state index in [-0.39, 0.29) is 71.7 Å². The lowest BCUT2D eigenvalue weighted by atomic mass is 9.82. The summed E-state index contributed by atoms with van der Waals surface area (Å²) < 4.78 is 53.1. The van der Waals surface area contributed by atoms with Crippen LogP contribution in [-0.4, -0.2) is 73.1 Å². The van der Waals surface area contributed by atoms with Gasteiger partial charge in [-0.15, -0.1) is 0 Å². The number of carbonyl (C=O) groups excluding carboxylic acids is 2. The third kappa shape index (κ3) is 10.4. The number of Topliss-reactive ketones (excluding diaryl/α,β-unsaturated/α-hetero) is 1. The third-order valence-electron chi connectivity index (χ3n) is 11.3. The molecule has 3 heterocycles. The molecular weight excluding hydrogens is 767 g/mol. The number of ketones is 1. The first kappa shape index (κ1) is 41.4. The molecule has 0 N–H and O–H groups in total. The monoisotopic (exact) mass is 828 g/mol. The van der Waals surface area contributed by atoms with Crippen LogP contribution in [0.3, 0.4) is 0 Å². The van der Waals surface area contributed by atoms with E-state index in [1.165, 1.54) is 0 Å². The minimum atomic E-state index is -3.55. The molecule has 10 atom stereocenters. The maximum Gasteiger partial charge on any atom is 0.311 e. The number of ether oxygens (including phenoxy) is 4. The van der Waals surface area contributed by atoms with Gasteiger partial charge in [0.2, 0.25) is 0 Å². The maximum atomic E-state index is 13.8. The van der Waals surface area contributed by atoms with E-state index >= 15 is 0 Å². The van der Waals surface area contributed by atoms with E-state index in [0.29, 0.717) is 29.4 Å². The van der Waals surface area contributed by atoms with Crippen LogP contribution in [-0.2, 0) is 38.4 Å². The van der Waals surface area contributed by atoms with Gasteiger partial charge in [-0.1, -0.05) is 81.5 Å². The van der Waals surface area contributed by atoms with Crippen molar-refractivity contribution in [2.75, 3.05) is 16.8 Å². The lowest BCUT2D eigenvalue weighted by molar-refractivity contribution is -0.156. The predicted molar refractivity (Wildman–Crippen MR) is 205 cm³/mol. The number of hydrogen-bond acceptors (Lipinski definition) is 8. The molecule has 3 fully saturated rings. The Morgan fingerprint density at radius 1 is 1.06 bits per heavy atom. The van der Waals surface area contributed by atoms with E-state index in [1.807, 2.05) is 33.8 Å². The van der Waals surface area contributed by atoms with Crippen molar-refractivity contribution < 1.29 is 37.0 Å². The summed E-state index contributed by atoms with van der Waals surface area (Å²) in [5.74, 6) is -0.218. The predicted octanol–water partition coefficient (Wildman–Crippen LogP) is 8.34. The second-order valence-corrected chi connectivity index (χ2v) is 19.2. The van der Waals surface area contributed by atoms with Gasteiger partial charge < -0.3 is 18.9 Å². The lowest BCUT2D eigenvalue weighted by Gasteiger charge is -2.42. The summed E-state index contributed by atoms with van der Waals surface area (Å²) in [4.78, 5) is 26.2. The molecule has 0 aromatic heterocycles. The maximum absolute atomic E-state index is 13.8. The van der Waals surface area contributed by atoms with Gasteiger partial charge in [0, 0.05) is 23.2 Å². The fourth-order valence-corrected chi connectivity index (χ4v) is 10.5. The standard InChI is InChI=1S/C40H61IO8S/c1-9-26(2)20-35-29(5)33(24-50(44,45)32-15-11-10-12-16-32)36(48-35)22-34(42)28(4)27(3)21-30-17-18-37-40(25-41,49-30)23-31(47-37)14-13-19-46-38(43)39(6,7)8/h10-12,15-16,26-27,29-31,33,35-37H,4,9,13-14,17-25H2,1-3,5-8H3/t26-,27-,29-,30-,31+,33-,35-,36?,37+,40-/m1/s1. The van der Waals surface area contributed by atoms with Crippen molar-refractivity contribution in [1.29, 1.82) is 0 Å². The van der Waals surface area contributed by atoms with Gasteiger partial charge in [-0.05, 0) is 94.8 Å². The number of sulfone groups is 1. The van der Waals surface area contributed by atoms with E-state index in [4.69, 9.17) is 18.9 Å². The highest BCUT2D eigenvalue weighted by atomic mass is 127. The molecule has 1 aromatic rings. The number of allylic oxidation sites excluding steroid dienone is 1. The van der Waals surface area contributed by atoms with E-state index in [2.05, 4.69) is 49.9 Å². The highest BCUT2D eigenvalue weighted by Crippen LogP contribution is 2.45. The molecule has 8 nitrogen and oxygen atoms in total. The number of benzene rings is 1. The molecule has 50 heavy (non-hydrogen) atoms. The summed E-state index contributed by atoms with van der Waals surface area (Å²) in [6.45, 7) is 18.7. The zero-order valence-electron chi connectivity index (χ0n) is 31.3. The quantitative estimate of drug-likeness (QED) is 0.0508. The number of esters is 1. The normalized spacial score (nSPS) is 31.2. The first-order valence-corrected chi connectivity index (χ1v) is 21.9. The highest BCUT2D eigenvalue weighted by Gasteiger charge is 2.52. The van der Waals surface area contributed by atoms with Gasteiger partial charge in [0.15, 0.2) is 15.6 Å². The number of halogens is 1. The molecule has 0 spiro atoms. The van der Waals surface area contributed by atoms with Crippen LogP contribution in [0.1, 0.15) is 106 Å². The average Bonchev–Trinajstić information content (AvgIpc) is 3.58. The Balaban J connectivity index is 1.34. The van der Waals surface area contributed by atoms with Crippen LogP contribution in [0.5, 0.6) is 0 Å². The van der Waals surface area contributed by atoms with E-state index in [0.717, 1.165) is 49.4 Å². The fraction of sp³-hybridized carbons (Fsp3) is 0.750. The first-order valence-electron chi connectivity index (χ1n) is 18.7. The Hall–Kier alpha value is -1.34. The van der Waals surface area contributed by atoms with Crippen LogP contribution >= 0.6 is 22.6 Å². The Morgan fingerprint density at radius 3 is 2.40 bits per heavy atom. The van der Waals surface area contributed by atoms with Gasteiger partial charge in [0.25, 0.3) is 0 Å². The van der Waals surface area contributed by atoms with Crippen LogP contribution in [0, 0.1) is 29.1 Å². The Kier molecular flexibility index (Phi) is 14.6. The molecule has 0 saturated carbocycles. The van der Waals surface area contributed by atoms with Crippen LogP contribution in [0.15, 0.2) is 47.4 Å². The number of hydrogen-bond donors (Lipinski definition) is 0. The summed E-state index contributed by atoms with van der Waals surface area (Å²) in [6, 6.07) is 8.57. The van der Waals surface area contributed by atoms with Gasteiger partial charge in [0.1, 0.15) is 5.60 Å². The van der Waals surface area contributed by atoms with E-state index < -0.39 is 21.4 Å². The summed E-state index contributed by atoms with van der Waals surface area (Å²) in [5.41, 5.74) is -0.319. The van der Waals surface area contributed by atoms with Crippen molar-refractivity contribution in [3.63, 3.8) is 0 Å². The van der Waals surface area contributed by atoms with Gasteiger partial charge in [-0.25, -0.2) is 8.42 Å². The zero-order chi connectivity index (χ0) is 36.9. The summed E-state index contributed by atoms with van der Waals surface area (Å²) in [5, 5.41) is 0. The molecular formula is C40H61IO8S. The van der Waals surface area contributed by atoms with Crippen LogP contribution in [0.25, 0.3) is 0 Å². The molecule has 10 heteroatoms. The molecule has 0 bridgehead atoms. The molecule has 0 amide bonds. The van der Waals surface area contributed by atoms with Crippen molar-refractivity contribution in [2.24, 2.45) is 29.1 Å². The second-order valence-electron chi connectivity index (χ2n) is 16.4. The number of alkyl halides is 1. The molecule has 3 aliphatic rings. The molecule has 3 saturated heterocycles. The molecule has 4 rings (SSSR count). The van der Waals surface area contributed by atoms with Crippen molar-refractivity contribution in [1.82, 2.24) is 0 Å². The van der Waals surface area contributed by atoms with Crippen molar-refractivity contribution in [3.05, 3.63) is 42.5 Å². The molecule has 0 aliphatic carbocycles. The smallest absolute Gasteiger partial charge is 0.311 e. The topological polar surface area (TPSA) is 105 Å². The van der Waals surface area contributed by atoms with Crippen LogP contribution in [0.4, 0.5) is 0 Å². The van der Waals surface area contributed by atoms with Crippen molar-refractivity contribution in [2.45, 2.75) is 147 Å². The minimum absolute atomic E-state index is 0.00925. The highest BCUT2D eigenvalue weighted by molar-refractivity contribution is 14.1. The summed E-state index contributed by atoms with van der Waals surface area (Å²) in [7, 11) is -3.55. The number of fused-ring (bicyclic) bond motifs is 1. The third-order valence-corrected chi connectivity index (χ3v) is 14.4. The summed E-state index contributed by atoms with van der Waals surface area (Å²) >= 11 is 2.41. The molecule has 1 aromatic carbocycles. The van der Waals surface area contributed by atoms with Gasteiger partial charge in [-0.3, -0.25) is 9.59 Å². The first-order chi connectivity index (χ1) is 23.5. The van der Waals surface area contributed by atoms with E-state index in [1.54, 1.807) is 24.3 Å². The van der Waals surface area contributed by atoms with E-state index in [9.17, 15) is 18.0 Å². The van der Waals surface area contributed by atoms with Gasteiger partial charge in [0.05, 0.1) is 53.2 Å². The largest absolute Gasteiger partial charge is 0.465 e. The molecule has 3 aliphatic heterocycles. The molecule has 0 radical (unpaired) electrons. The molecule has 282 valence electrons. The fourth-order valence-electron chi connectivity index (χ4n) is 7.76. The molecule has 1 unspecified atom stereocenters. The minimum Gasteiger partial charge on any atom is -0.465 e. The number of carbonyl (C=O) groups is 2. The zero-order valence-corrected chi connectivity index (χ0v) is 34.3. The van der Waals surface area contributed by atoms with Gasteiger partial charge in [-0.2, -0.15) is 0 Å². The lowest BCUT2D eigenvalue weighted by Crippen LogP contribution is -2.50. The van der Waals surface area contributed by atoms with Crippen LogP contribution in [0.2, 0.25) is 0 Å². The Bertz CT molecular complexity index is 1410. The summed E-state index contributed by atoms with van der Waals surface area (Å²) in [6.07, 6.45) is 6.32. The Morgan fingerprint density at radius 2 is 1.76 bits per heavy atom. The van der Waals surface area contributed by atoms with Crippen molar-refractivity contribution in [3.8, 4) is 0 Å².